The molecule has 0 aromatic carbocycles. The molecule has 0 spiro atoms. The maximum absolute atomic E-state index is 11.9. The van der Waals surface area contributed by atoms with Crippen LogP contribution in [0.5, 0.6) is 0 Å². The van der Waals surface area contributed by atoms with Crippen LogP contribution in [0.3, 0.4) is 0 Å². The van der Waals surface area contributed by atoms with Crippen LogP contribution in [0.4, 0.5) is 0 Å². The fraction of sp³-hybridized carbons (Fsp3) is 0.438. The molecule has 0 bridgehead atoms. The molecule has 0 aliphatic carbocycles. The highest BCUT2D eigenvalue weighted by Crippen LogP contribution is 2.30. The van der Waals surface area contributed by atoms with Crippen molar-refractivity contribution in [2.45, 2.75) is 18.8 Å². The van der Waals surface area contributed by atoms with Gasteiger partial charge in [0.25, 0.3) is 5.91 Å². The first-order valence-corrected chi connectivity index (χ1v) is 8.92. The van der Waals surface area contributed by atoms with Crippen molar-refractivity contribution < 1.29 is 4.79 Å². The number of hydrogen-bond acceptors (Lipinski definition) is 4. The number of thiocarbonyl (C=S) groups is 1. The number of carbonyl (C=O) groups is 1. The van der Waals surface area contributed by atoms with Crippen molar-refractivity contribution in [1.82, 2.24) is 20.5 Å². The quantitative estimate of drug-likeness (QED) is 0.609. The summed E-state index contributed by atoms with van der Waals surface area (Å²) in [6.07, 6.45) is 5.45. The van der Waals surface area contributed by atoms with Crippen molar-refractivity contribution in [2.75, 3.05) is 26.2 Å². The van der Waals surface area contributed by atoms with Gasteiger partial charge in [0.2, 0.25) is 0 Å². The number of aromatic nitrogens is 1. The molecule has 7 heteroatoms. The van der Waals surface area contributed by atoms with Gasteiger partial charge in [-0.05, 0) is 25.1 Å². The monoisotopic (exact) mass is 350 g/mol. The molecule has 1 aromatic heterocycles. The van der Waals surface area contributed by atoms with Gasteiger partial charge in [0.15, 0.2) is 5.11 Å². The maximum Gasteiger partial charge on any atom is 0.271 e. The molecule has 23 heavy (non-hydrogen) atoms. The fourth-order valence-electron chi connectivity index (χ4n) is 2.44. The second kappa shape index (κ2) is 8.79. The molecule has 0 radical (unpaired) electrons. The van der Waals surface area contributed by atoms with Gasteiger partial charge in [-0.25, -0.2) is 4.98 Å². The summed E-state index contributed by atoms with van der Waals surface area (Å²) < 4.78 is 0. The Balaban J connectivity index is 1.87. The van der Waals surface area contributed by atoms with E-state index < -0.39 is 0 Å². The van der Waals surface area contributed by atoms with Gasteiger partial charge in [0.05, 0.1) is 5.01 Å². The molecule has 2 rings (SSSR count). The van der Waals surface area contributed by atoms with Crippen molar-refractivity contribution in [3.8, 4) is 0 Å². The SMILES string of the molecule is C=CCNC(=O)c1csc(C2CCN(C(=S)NCC=C)CC2)n1. The van der Waals surface area contributed by atoms with Gasteiger partial charge >= 0.3 is 0 Å². The highest BCUT2D eigenvalue weighted by molar-refractivity contribution is 7.80. The zero-order valence-corrected chi connectivity index (χ0v) is 14.7. The first kappa shape index (κ1) is 17.6. The van der Waals surface area contributed by atoms with Gasteiger partial charge in [-0.2, -0.15) is 0 Å². The molecular formula is C16H22N4OS2. The van der Waals surface area contributed by atoms with Gasteiger partial charge in [-0.1, -0.05) is 12.2 Å². The normalized spacial score (nSPS) is 15.0. The third-order valence-corrected chi connectivity index (χ3v) is 5.10. The Kier molecular flexibility index (Phi) is 6.73. The summed E-state index contributed by atoms with van der Waals surface area (Å²) in [6.45, 7) is 10.2. The Morgan fingerprint density at radius 1 is 1.35 bits per heavy atom. The molecule has 2 heterocycles. The number of nitrogens with one attached hydrogen (secondary N) is 2. The molecule has 5 nitrogen and oxygen atoms in total. The van der Waals surface area contributed by atoms with Crippen LogP contribution < -0.4 is 10.6 Å². The van der Waals surface area contributed by atoms with Crippen molar-refractivity contribution >= 4 is 34.6 Å². The predicted octanol–water partition coefficient (Wildman–Crippen LogP) is 2.30. The average molecular weight is 351 g/mol. The summed E-state index contributed by atoms with van der Waals surface area (Å²) in [5.41, 5.74) is 0.498. The van der Waals surface area contributed by atoms with Crippen molar-refractivity contribution in [3.05, 3.63) is 41.4 Å². The second-order valence-corrected chi connectivity index (χ2v) is 6.58. The largest absolute Gasteiger partial charge is 0.359 e. The van der Waals surface area contributed by atoms with Crippen LogP contribution in [0, 0.1) is 0 Å². The van der Waals surface area contributed by atoms with Crippen LogP contribution in [0.2, 0.25) is 0 Å². The molecule has 0 atom stereocenters. The van der Waals surface area contributed by atoms with Crippen molar-refractivity contribution in [2.24, 2.45) is 0 Å². The highest BCUT2D eigenvalue weighted by Gasteiger charge is 2.24. The standard InChI is InChI=1S/C16H22N4OS2/c1-3-7-17-14(21)13-11-23-15(19-13)12-5-9-20(10-6-12)16(22)18-8-4-2/h3-4,11-12H,1-2,5-10H2,(H,17,21)(H,18,22). The molecule has 2 N–H and O–H groups in total. The Hall–Kier alpha value is -1.73. The van der Waals surface area contributed by atoms with E-state index in [1.807, 2.05) is 5.38 Å². The highest BCUT2D eigenvalue weighted by atomic mass is 32.1. The maximum atomic E-state index is 11.9. The van der Waals surface area contributed by atoms with Gasteiger partial charge in [0, 0.05) is 37.5 Å². The third kappa shape index (κ3) is 4.87. The summed E-state index contributed by atoms with van der Waals surface area (Å²) in [5, 5.41) is 9.57. The van der Waals surface area contributed by atoms with Crippen molar-refractivity contribution in [1.29, 1.82) is 0 Å². The zero-order valence-electron chi connectivity index (χ0n) is 13.1. The first-order chi connectivity index (χ1) is 11.2. The smallest absolute Gasteiger partial charge is 0.271 e. The van der Waals surface area contributed by atoms with E-state index in [0.29, 0.717) is 24.7 Å². The predicted molar refractivity (Wildman–Crippen MR) is 99.0 cm³/mol. The molecule has 1 fully saturated rings. The number of rotatable bonds is 6. The van der Waals surface area contributed by atoms with E-state index in [1.165, 1.54) is 0 Å². The van der Waals surface area contributed by atoms with Crippen LogP contribution in [0.15, 0.2) is 30.7 Å². The fourth-order valence-corrected chi connectivity index (χ4v) is 3.67. The Bertz CT molecular complexity index is 576. The van der Waals surface area contributed by atoms with Crippen LogP contribution in [-0.4, -0.2) is 47.1 Å². The van der Waals surface area contributed by atoms with Gasteiger partial charge in [0.1, 0.15) is 5.69 Å². The van der Waals surface area contributed by atoms with Crippen LogP contribution in [-0.2, 0) is 0 Å². The number of likely N-dealkylation sites (tertiary alicyclic amines) is 1. The number of nitrogens with zero attached hydrogens (tertiary/aromatic N) is 2. The Morgan fingerprint density at radius 2 is 2.00 bits per heavy atom. The lowest BCUT2D eigenvalue weighted by atomic mass is 9.98. The summed E-state index contributed by atoms with van der Waals surface area (Å²) in [5.74, 6) is 0.263. The van der Waals surface area contributed by atoms with E-state index in [9.17, 15) is 4.79 Å². The summed E-state index contributed by atoms with van der Waals surface area (Å²) in [7, 11) is 0. The third-order valence-electron chi connectivity index (χ3n) is 3.69. The molecule has 1 aliphatic rings. The van der Waals surface area contributed by atoms with Crippen LogP contribution in [0.1, 0.15) is 34.3 Å². The Labute approximate surface area is 146 Å². The minimum absolute atomic E-state index is 0.139. The van der Waals surface area contributed by atoms with E-state index in [1.54, 1.807) is 23.5 Å². The molecular weight excluding hydrogens is 328 g/mol. The summed E-state index contributed by atoms with van der Waals surface area (Å²) in [4.78, 5) is 18.6. The van der Waals surface area contributed by atoms with E-state index in [0.717, 1.165) is 36.1 Å². The lowest BCUT2D eigenvalue weighted by Crippen LogP contribution is -2.43. The molecule has 0 saturated carbocycles. The van der Waals surface area contributed by atoms with E-state index >= 15 is 0 Å². The molecule has 1 amide bonds. The van der Waals surface area contributed by atoms with E-state index in [4.69, 9.17) is 12.2 Å². The number of carbonyl (C=O) groups excluding carboxylic acids is 1. The van der Waals surface area contributed by atoms with Gasteiger partial charge in [-0.15, -0.1) is 24.5 Å². The zero-order chi connectivity index (χ0) is 16.7. The lowest BCUT2D eigenvalue weighted by Gasteiger charge is -2.33. The molecule has 1 saturated heterocycles. The van der Waals surface area contributed by atoms with Gasteiger partial charge < -0.3 is 15.5 Å². The minimum Gasteiger partial charge on any atom is -0.359 e. The second-order valence-electron chi connectivity index (χ2n) is 5.31. The first-order valence-electron chi connectivity index (χ1n) is 7.64. The van der Waals surface area contributed by atoms with E-state index in [-0.39, 0.29) is 5.91 Å². The molecule has 1 aromatic rings. The number of hydrogen-bond donors (Lipinski definition) is 2. The van der Waals surface area contributed by atoms with Crippen molar-refractivity contribution in [3.63, 3.8) is 0 Å². The van der Waals surface area contributed by atoms with E-state index in [2.05, 4.69) is 33.7 Å². The summed E-state index contributed by atoms with van der Waals surface area (Å²) >= 11 is 6.93. The topological polar surface area (TPSA) is 57.3 Å². The van der Waals surface area contributed by atoms with Gasteiger partial charge in [-0.3, -0.25) is 4.79 Å². The summed E-state index contributed by atoms with van der Waals surface area (Å²) in [6, 6.07) is 0. The molecule has 0 unspecified atom stereocenters. The average Bonchev–Trinajstić information content (AvgIpc) is 3.07. The number of piperidine rings is 1. The van der Waals surface area contributed by atoms with Crippen LogP contribution >= 0.6 is 23.6 Å². The number of amides is 1. The number of thiazole rings is 1. The Morgan fingerprint density at radius 3 is 2.65 bits per heavy atom. The molecule has 124 valence electrons. The lowest BCUT2D eigenvalue weighted by molar-refractivity contribution is 0.0953. The van der Waals surface area contributed by atoms with Crippen LogP contribution in [0.25, 0.3) is 0 Å². The minimum atomic E-state index is -0.139. The molecule has 1 aliphatic heterocycles.